The lowest BCUT2D eigenvalue weighted by Crippen LogP contribution is -2.49. The molecule has 0 bridgehead atoms. The van der Waals surface area contributed by atoms with Gasteiger partial charge in [0.2, 0.25) is 11.8 Å². The highest BCUT2D eigenvalue weighted by Crippen LogP contribution is 2.46. The Morgan fingerprint density at radius 2 is 1.73 bits per heavy atom. The Hall–Kier alpha value is -0.970. The van der Waals surface area contributed by atoms with Crippen LogP contribution in [0, 0.1) is 11.8 Å². The van der Waals surface area contributed by atoms with E-state index in [2.05, 4.69) is 9.99 Å². The molecule has 4 rings (SSSR count). The van der Waals surface area contributed by atoms with Gasteiger partial charge < -0.3 is 19.1 Å². The molecule has 0 radical (unpaired) electrons. The molecule has 1 spiro atoms. The van der Waals surface area contributed by atoms with Gasteiger partial charge in [0.15, 0.2) is 5.79 Å². The number of nitrogens with two attached hydrogens (primary N) is 1. The summed E-state index contributed by atoms with van der Waals surface area (Å²) in [5.74, 6) is -1.70. The van der Waals surface area contributed by atoms with E-state index >= 15 is 0 Å². The fraction of sp³-hybridized carbons (Fsp3) is 0.938. The van der Waals surface area contributed by atoms with Crippen LogP contribution in [0.2, 0.25) is 0 Å². The number of ether oxygens (including phenoxy) is 2. The second kappa shape index (κ2) is 7.57. The molecule has 150 valence electrons. The average molecular weight is 384 g/mol. The van der Waals surface area contributed by atoms with E-state index in [4.69, 9.17) is 20.2 Å². The number of halogens is 4. The van der Waals surface area contributed by atoms with Crippen molar-refractivity contribution in [1.82, 2.24) is 0 Å². The molecule has 2 saturated carbocycles. The van der Waals surface area contributed by atoms with Crippen molar-refractivity contribution in [1.29, 1.82) is 0 Å². The summed E-state index contributed by atoms with van der Waals surface area (Å²) < 4.78 is 62.8. The SMILES string of the molecule is FC1(F)CCC2=NOCC2C1.NOCC1CC(F)(F)CCC12OCCO2. The molecule has 2 unspecified atom stereocenters. The molecule has 2 N–H and O–H groups in total. The second-order valence-corrected chi connectivity index (χ2v) is 7.23. The van der Waals surface area contributed by atoms with Crippen LogP contribution in [0.3, 0.4) is 0 Å². The van der Waals surface area contributed by atoms with E-state index in [0.29, 0.717) is 26.2 Å². The molecule has 0 amide bonds. The van der Waals surface area contributed by atoms with Gasteiger partial charge in [-0.3, -0.25) is 0 Å². The molecule has 0 aromatic rings. The molecule has 0 aromatic heterocycles. The van der Waals surface area contributed by atoms with Gasteiger partial charge >= 0.3 is 0 Å². The second-order valence-electron chi connectivity index (χ2n) is 7.23. The van der Waals surface area contributed by atoms with Crippen molar-refractivity contribution in [2.24, 2.45) is 22.9 Å². The number of fused-ring (bicyclic) bond motifs is 1. The molecular formula is C16H24F4N2O4. The van der Waals surface area contributed by atoms with Gasteiger partial charge in [0.25, 0.3) is 0 Å². The average Bonchev–Trinajstić information content (AvgIpc) is 3.20. The van der Waals surface area contributed by atoms with Crippen LogP contribution in [0.4, 0.5) is 17.6 Å². The van der Waals surface area contributed by atoms with Crippen molar-refractivity contribution in [2.75, 3.05) is 26.4 Å². The smallest absolute Gasteiger partial charge is 0.249 e. The minimum atomic E-state index is -2.66. The molecule has 2 aliphatic carbocycles. The van der Waals surface area contributed by atoms with Gasteiger partial charge in [0, 0.05) is 43.9 Å². The maximum absolute atomic E-state index is 13.2. The Labute approximate surface area is 148 Å². The molecule has 0 aromatic carbocycles. The number of rotatable bonds is 2. The highest BCUT2D eigenvalue weighted by molar-refractivity contribution is 5.88. The summed E-state index contributed by atoms with van der Waals surface area (Å²) in [6.07, 6.45) is -0.0263. The largest absolute Gasteiger partial charge is 0.395 e. The maximum atomic E-state index is 13.2. The third kappa shape index (κ3) is 4.47. The first-order valence-corrected chi connectivity index (χ1v) is 8.79. The van der Waals surface area contributed by atoms with Gasteiger partial charge in [-0.2, -0.15) is 0 Å². The third-order valence-corrected chi connectivity index (χ3v) is 5.30. The monoisotopic (exact) mass is 384 g/mol. The van der Waals surface area contributed by atoms with E-state index in [0.717, 1.165) is 5.71 Å². The molecule has 2 atom stereocenters. The summed E-state index contributed by atoms with van der Waals surface area (Å²) in [4.78, 5) is 9.21. The topological polar surface area (TPSA) is 75.3 Å². The minimum Gasteiger partial charge on any atom is -0.395 e. The van der Waals surface area contributed by atoms with E-state index in [1.165, 1.54) is 0 Å². The van der Waals surface area contributed by atoms with Crippen molar-refractivity contribution >= 4 is 5.71 Å². The van der Waals surface area contributed by atoms with Gasteiger partial charge in [0.1, 0.15) is 6.61 Å². The number of hydrogen-bond donors (Lipinski definition) is 1. The molecular weight excluding hydrogens is 360 g/mol. The predicted octanol–water partition coefficient (Wildman–Crippen LogP) is 2.86. The summed E-state index contributed by atoms with van der Waals surface area (Å²) >= 11 is 0. The Morgan fingerprint density at radius 3 is 2.42 bits per heavy atom. The first-order chi connectivity index (χ1) is 12.3. The Morgan fingerprint density at radius 1 is 1.04 bits per heavy atom. The van der Waals surface area contributed by atoms with Crippen molar-refractivity contribution in [2.45, 2.75) is 56.2 Å². The Kier molecular flexibility index (Phi) is 5.76. The summed E-state index contributed by atoms with van der Waals surface area (Å²) in [5, 5.41) is 3.71. The quantitative estimate of drug-likeness (QED) is 0.585. The van der Waals surface area contributed by atoms with Crippen LogP contribution in [0.15, 0.2) is 5.16 Å². The van der Waals surface area contributed by atoms with E-state index < -0.39 is 23.6 Å². The van der Waals surface area contributed by atoms with Crippen molar-refractivity contribution in [3.8, 4) is 0 Å². The molecule has 2 heterocycles. The van der Waals surface area contributed by atoms with Crippen LogP contribution in [0.1, 0.15) is 38.5 Å². The summed E-state index contributed by atoms with van der Waals surface area (Å²) in [5.41, 5.74) is 0.830. The van der Waals surface area contributed by atoms with Gasteiger partial charge in [0.05, 0.1) is 25.5 Å². The van der Waals surface area contributed by atoms with E-state index in [9.17, 15) is 17.6 Å². The molecule has 2 aliphatic heterocycles. The maximum Gasteiger partial charge on any atom is 0.249 e. The summed E-state index contributed by atoms with van der Waals surface area (Å²) in [6, 6.07) is 0. The molecule has 3 fully saturated rings. The Balaban J connectivity index is 0.000000158. The number of hydrogen-bond acceptors (Lipinski definition) is 6. The minimum absolute atomic E-state index is 0.0373. The van der Waals surface area contributed by atoms with E-state index in [-0.39, 0.29) is 44.6 Å². The first-order valence-electron chi connectivity index (χ1n) is 8.79. The lowest BCUT2D eigenvalue weighted by atomic mass is 9.81. The van der Waals surface area contributed by atoms with E-state index in [1.807, 2.05) is 0 Å². The number of alkyl halides is 4. The van der Waals surface area contributed by atoms with Crippen LogP contribution in [0.25, 0.3) is 0 Å². The van der Waals surface area contributed by atoms with Crippen molar-refractivity contribution in [3.05, 3.63) is 0 Å². The fourth-order valence-electron chi connectivity index (χ4n) is 3.91. The van der Waals surface area contributed by atoms with E-state index in [1.54, 1.807) is 0 Å². The molecule has 10 heteroatoms. The molecule has 4 aliphatic rings. The van der Waals surface area contributed by atoms with Crippen LogP contribution >= 0.6 is 0 Å². The number of oxime groups is 1. The highest BCUT2D eigenvalue weighted by atomic mass is 19.3. The zero-order chi connectivity index (χ0) is 18.8. The van der Waals surface area contributed by atoms with Crippen LogP contribution in [0.5, 0.6) is 0 Å². The van der Waals surface area contributed by atoms with Gasteiger partial charge in [-0.1, -0.05) is 5.16 Å². The molecule has 1 saturated heterocycles. The van der Waals surface area contributed by atoms with Gasteiger partial charge in [-0.05, 0) is 6.42 Å². The Bertz CT molecular complexity index is 526. The summed E-state index contributed by atoms with van der Waals surface area (Å²) in [6.45, 7) is 1.29. The van der Waals surface area contributed by atoms with Crippen LogP contribution < -0.4 is 5.90 Å². The third-order valence-electron chi connectivity index (χ3n) is 5.30. The molecule has 6 nitrogen and oxygen atoms in total. The van der Waals surface area contributed by atoms with Crippen LogP contribution in [-0.4, -0.2) is 49.8 Å². The van der Waals surface area contributed by atoms with Crippen LogP contribution in [-0.2, 0) is 19.1 Å². The summed E-state index contributed by atoms with van der Waals surface area (Å²) in [7, 11) is 0. The van der Waals surface area contributed by atoms with Gasteiger partial charge in [-0.25, -0.2) is 23.5 Å². The van der Waals surface area contributed by atoms with Gasteiger partial charge in [-0.15, -0.1) is 0 Å². The number of nitrogens with zero attached hydrogens (tertiary/aromatic N) is 1. The predicted molar refractivity (Wildman–Crippen MR) is 82.7 cm³/mol. The zero-order valence-corrected chi connectivity index (χ0v) is 14.4. The fourth-order valence-corrected chi connectivity index (χ4v) is 3.91. The first kappa shape index (κ1) is 19.8. The highest BCUT2D eigenvalue weighted by Gasteiger charge is 2.53. The molecule has 26 heavy (non-hydrogen) atoms. The normalized spacial score (nSPS) is 33.7. The lowest BCUT2D eigenvalue weighted by Gasteiger charge is -2.41. The van der Waals surface area contributed by atoms with Crippen molar-refractivity contribution < 1.29 is 36.7 Å². The van der Waals surface area contributed by atoms with Crippen molar-refractivity contribution in [3.63, 3.8) is 0 Å². The standard InChI is InChI=1S/C9H15F2NO3.C7H9F2NO/c10-8(11)1-2-9(13-3-4-14-9)7(5-8)6-15-12;8-7(9)2-1-6-5(3-7)4-11-10-6/h7H,1-6,12H2;5H,1-4H2. The lowest BCUT2D eigenvalue weighted by molar-refractivity contribution is -0.254. The zero-order valence-electron chi connectivity index (χ0n) is 14.4.